The van der Waals surface area contributed by atoms with Gasteiger partial charge in [0, 0.05) is 16.8 Å². The molecular weight excluding hydrogens is 299 g/mol. The molecule has 0 spiro atoms. The topological polar surface area (TPSA) is 65.2 Å². The maximum atomic E-state index is 11.8. The molecule has 0 bridgehead atoms. The van der Waals surface area contributed by atoms with Crippen LogP contribution in [0.2, 0.25) is 10.0 Å². The van der Waals surface area contributed by atoms with Gasteiger partial charge >= 0.3 is 5.97 Å². The van der Waals surface area contributed by atoms with Crippen LogP contribution in [0.25, 0.3) is 11.3 Å². The minimum Gasteiger partial charge on any atom is -0.462 e. The van der Waals surface area contributed by atoms with E-state index in [4.69, 9.17) is 33.7 Å². The normalized spacial score (nSPS) is 10.3. The molecule has 0 saturated carbocycles. The van der Waals surface area contributed by atoms with Crippen LogP contribution < -0.4 is 5.73 Å². The average Bonchev–Trinajstić information content (AvgIpc) is 2.40. The number of nitrogen functional groups attached to an aromatic ring is 1. The van der Waals surface area contributed by atoms with Gasteiger partial charge in [-0.3, -0.25) is 4.98 Å². The van der Waals surface area contributed by atoms with Crippen molar-refractivity contribution >= 4 is 34.9 Å². The van der Waals surface area contributed by atoms with E-state index in [1.54, 1.807) is 25.1 Å². The van der Waals surface area contributed by atoms with Crippen LogP contribution in [0.3, 0.4) is 0 Å². The van der Waals surface area contributed by atoms with Crippen molar-refractivity contribution in [3.8, 4) is 11.3 Å². The van der Waals surface area contributed by atoms with Gasteiger partial charge in [-0.15, -0.1) is 0 Å². The van der Waals surface area contributed by atoms with Crippen molar-refractivity contribution in [2.24, 2.45) is 0 Å². The number of anilines is 1. The van der Waals surface area contributed by atoms with Crippen molar-refractivity contribution in [3.05, 3.63) is 46.1 Å². The maximum absolute atomic E-state index is 11.8. The molecule has 0 aliphatic heterocycles. The number of hydrogen-bond donors (Lipinski definition) is 1. The lowest BCUT2D eigenvalue weighted by molar-refractivity contribution is 0.0527. The first-order valence-corrected chi connectivity index (χ1v) is 6.67. The molecule has 0 aliphatic carbocycles. The summed E-state index contributed by atoms with van der Waals surface area (Å²) in [5.74, 6) is -0.487. The van der Waals surface area contributed by atoms with Gasteiger partial charge in [-0.05, 0) is 31.2 Å². The van der Waals surface area contributed by atoms with Crippen molar-refractivity contribution in [1.29, 1.82) is 0 Å². The quantitative estimate of drug-likeness (QED) is 0.875. The zero-order valence-electron chi connectivity index (χ0n) is 10.7. The second-order valence-electron chi connectivity index (χ2n) is 3.97. The molecule has 0 aliphatic rings. The number of carbonyl (C=O) groups is 1. The third-order valence-electron chi connectivity index (χ3n) is 2.67. The number of pyridine rings is 1. The summed E-state index contributed by atoms with van der Waals surface area (Å²) in [4.78, 5) is 16.0. The second kappa shape index (κ2) is 6.11. The number of halogens is 2. The molecule has 0 saturated heterocycles. The molecule has 1 aromatic heterocycles. The monoisotopic (exact) mass is 310 g/mol. The fraction of sp³-hybridized carbons (Fsp3) is 0.143. The number of carbonyl (C=O) groups excluding carboxylic acids is 1. The first kappa shape index (κ1) is 14.6. The van der Waals surface area contributed by atoms with Crippen LogP contribution in [0.5, 0.6) is 0 Å². The Bertz CT molecular complexity index is 660. The molecule has 1 aromatic carbocycles. The van der Waals surface area contributed by atoms with Crippen molar-refractivity contribution in [2.45, 2.75) is 6.92 Å². The molecule has 0 amide bonds. The van der Waals surface area contributed by atoms with Crippen molar-refractivity contribution in [3.63, 3.8) is 0 Å². The summed E-state index contributed by atoms with van der Waals surface area (Å²) in [6.07, 6.45) is 1.49. The fourth-order valence-corrected chi connectivity index (χ4v) is 2.25. The Morgan fingerprint density at radius 3 is 2.75 bits per heavy atom. The number of benzene rings is 1. The first-order valence-electron chi connectivity index (χ1n) is 5.91. The highest BCUT2D eigenvalue weighted by molar-refractivity contribution is 6.36. The van der Waals surface area contributed by atoms with E-state index in [0.29, 0.717) is 21.3 Å². The lowest BCUT2D eigenvalue weighted by Crippen LogP contribution is -2.09. The largest absolute Gasteiger partial charge is 0.462 e. The van der Waals surface area contributed by atoms with E-state index in [-0.39, 0.29) is 17.9 Å². The lowest BCUT2D eigenvalue weighted by Gasteiger charge is -2.10. The SMILES string of the molecule is CCOC(=O)c1ccnc(-c2ccc(Cl)cc2Cl)c1N. The number of rotatable bonds is 3. The van der Waals surface area contributed by atoms with E-state index in [1.165, 1.54) is 12.3 Å². The minimum atomic E-state index is -0.487. The van der Waals surface area contributed by atoms with E-state index >= 15 is 0 Å². The van der Waals surface area contributed by atoms with Gasteiger partial charge in [-0.25, -0.2) is 4.79 Å². The Labute approximate surface area is 126 Å². The molecule has 0 fully saturated rings. The highest BCUT2D eigenvalue weighted by Crippen LogP contribution is 2.33. The highest BCUT2D eigenvalue weighted by Gasteiger charge is 2.17. The van der Waals surface area contributed by atoms with E-state index in [0.717, 1.165) is 0 Å². The van der Waals surface area contributed by atoms with E-state index < -0.39 is 5.97 Å². The maximum Gasteiger partial charge on any atom is 0.340 e. The average molecular weight is 311 g/mol. The second-order valence-corrected chi connectivity index (χ2v) is 4.81. The highest BCUT2D eigenvalue weighted by atomic mass is 35.5. The molecule has 20 heavy (non-hydrogen) atoms. The van der Waals surface area contributed by atoms with E-state index in [2.05, 4.69) is 4.98 Å². The summed E-state index contributed by atoms with van der Waals surface area (Å²) < 4.78 is 4.95. The Kier molecular flexibility index (Phi) is 4.47. The summed E-state index contributed by atoms with van der Waals surface area (Å²) in [7, 11) is 0. The van der Waals surface area contributed by atoms with E-state index in [9.17, 15) is 4.79 Å². The van der Waals surface area contributed by atoms with Crippen LogP contribution in [-0.4, -0.2) is 17.6 Å². The summed E-state index contributed by atoms with van der Waals surface area (Å²) >= 11 is 12.0. The number of nitrogens with two attached hydrogens (primary N) is 1. The van der Waals surface area contributed by atoms with Crippen LogP contribution in [0.4, 0.5) is 5.69 Å². The number of nitrogens with zero attached hydrogens (tertiary/aromatic N) is 1. The van der Waals surface area contributed by atoms with Gasteiger partial charge in [0.2, 0.25) is 0 Å². The van der Waals surface area contributed by atoms with Crippen LogP contribution in [-0.2, 0) is 4.74 Å². The molecule has 2 rings (SSSR count). The zero-order chi connectivity index (χ0) is 14.7. The van der Waals surface area contributed by atoms with Crippen LogP contribution >= 0.6 is 23.2 Å². The summed E-state index contributed by atoms with van der Waals surface area (Å²) in [6, 6.07) is 6.50. The molecule has 6 heteroatoms. The van der Waals surface area contributed by atoms with Gasteiger partial charge in [0.15, 0.2) is 0 Å². The predicted octanol–water partition coefficient (Wildman–Crippen LogP) is 3.81. The van der Waals surface area contributed by atoms with Gasteiger partial charge in [-0.1, -0.05) is 23.2 Å². The molecule has 0 atom stereocenters. The summed E-state index contributed by atoms with van der Waals surface area (Å²) in [6.45, 7) is 2.00. The van der Waals surface area contributed by atoms with Crippen LogP contribution in [0.1, 0.15) is 17.3 Å². The molecule has 104 valence electrons. The first-order chi connectivity index (χ1) is 9.54. The fourth-order valence-electron chi connectivity index (χ4n) is 1.76. The zero-order valence-corrected chi connectivity index (χ0v) is 12.2. The molecule has 0 radical (unpaired) electrons. The molecule has 4 nitrogen and oxygen atoms in total. The molecule has 2 N–H and O–H groups in total. The van der Waals surface area contributed by atoms with Crippen molar-refractivity contribution in [1.82, 2.24) is 4.98 Å². The number of esters is 1. The van der Waals surface area contributed by atoms with Crippen molar-refractivity contribution < 1.29 is 9.53 Å². The van der Waals surface area contributed by atoms with Crippen LogP contribution in [0.15, 0.2) is 30.5 Å². The Morgan fingerprint density at radius 2 is 2.10 bits per heavy atom. The van der Waals surface area contributed by atoms with Gasteiger partial charge in [0.25, 0.3) is 0 Å². The molecule has 2 aromatic rings. The number of aromatic nitrogens is 1. The van der Waals surface area contributed by atoms with Crippen molar-refractivity contribution in [2.75, 3.05) is 12.3 Å². The Hall–Kier alpha value is -1.78. The Morgan fingerprint density at radius 1 is 1.35 bits per heavy atom. The van der Waals surface area contributed by atoms with Gasteiger partial charge in [0.1, 0.15) is 0 Å². The van der Waals surface area contributed by atoms with Crippen LogP contribution in [0, 0.1) is 0 Å². The minimum absolute atomic E-state index is 0.232. The van der Waals surface area contributed by atoms with Gasteiger partial charge < -0.3 is 10.5 Å². The number of hydrogen-bond acceptors (Lipinski definition) is 4. The smallest absolute Gasteiger partial charge is 0.340 e. The third kappa shape index (κ3) is 2.86. The number of ether oxygens (including phenoxy) is 1. The van der Waals surface area contributed by atoms with Gasteiger partial charge in [0.05, 0.1) is 28.6 Å². The summed E-state index contributed by atoms with van der Waals surface area (Å²) in [5.41, 5.74) is 7.54. The standard InChI is InChI=1S/C14H12Cl2N2O2/c1-2-20-14(19)10-5-6-18-13(12(10)17)9-4-3-8(15)7-11(9)16/h3-7H,2,17H2,1H3. The molecular formula is C14H12Cl2N2O2. The Balaban J connectivity index is 2.53. The lowest BCUT2D eigenvalue weighted by atomic mass is 10.1. The molecule has 1 heterocycles. The predicted molar refractivity (Wildman–Crippen MR) is 80.1 cm³/mol. The third-order valence-corrected chi connectivity index (χ3v) is 3.22. The molecule has 0 unspecified atom stereocenters. The van der Waals surface area contributed by atoms with Gasteiger partial charge in [-0.2, -0.15) is 0 Å². The van der Waals surface area contributed by atoms with E-state index in [1.807, 2.05) is 0 Å². The summed E-state index contributed by atoms with van der Waals surface area (Å²) in [5, 5.41) is 0.927.